The van der Waals surface area contributed by atoms with Gasteiger partial charge in [0.05, 0.1) is 18.9 Å². The normalized spacial score (nSPS) is 20.4. The molecule has 1 aliphatic heterocycles. The van der Waals surface area contributed by atoms with E-state index in [2.05, 4.69) is 4.90 Å². The van der Waals surface area contributed by atoms with Crippen LogP contribution in [0.5, 0.6) is 5.75 Å². The standard InChI is InChI=1S/C12H17ClN2O2/c1-16-12-5-4-9(13)7-11(12)15-6-2-3-10(8-15)17-14/h4-5,7,10H,2-3,6,8,14H2,1H3. The molecule has 1 heterocycles. The van der Waals surface area contributed by atoms with Crippen molar-refractivity contribution in [2.45, 2.75) is 18.9 Å². The Hall–Kier alpha value is -0.970. The molecule has 94 valence electrons. The minimum atomic E-state index is 0.0763. The van der Waals surface area contributed by atoms with Crippen LogP contribution in [0.2, 0.25) is 5.02 Å². The zero-order chi connectivity index (χ0) is 12.3. The fraction of sp³-hybridized carbons (Fsp3) is 0.500. The van der Waals surface area contributed by atoms with Gasteiger partial charge in [-0.2, -0.15) is 0 Å². The van der Waals surface area contributed by atoms with Gasteiger partial charge in [0.15, 0.2) is 0 Å². The summed E-state index contributed by atoms with van der Waals surface area (Å²) in [7, 11) is 1.66. The minimum Gasteiger partial charge on any atom is -0.495 e. The van der Waals surface area contributed by atoms with E-state index in [1.165, 1.54) is 0 Å². The van der Waals surface area contributed by atoms with E-state index < -0.39 is 0 Å². The van der Waals surface area contributed by atoms with Crippen LogP contribution in [-0.2, 0) is 4.84 Å². The maximum Gasteiger partial charge on any atom is 0.142 e. The van der Waals surface area contributed by atoms with E-state index in [9.17, 15) is 0 Å². The van der Waals surface area contributed by atoms with Crippen LogP contribution < -0.4 is 15.5 Å². The highest BCUT2D eigenvalue weighted by atomic mass is 35.5. The molecule has 5 heteroatoms. The third kappa shape index (κ3) is 2.83. The fourth-order valence-electron chi connectivity index (χ4n) is 2.18. The Balaban J connectivity index is 2.22. The maximum absolute atomic E-state index is 6.03. The number of rotatable bonds is 3. The molecule has 1 aliphatic rings. The van der Waals surface area contributed by atoms with E-state index in [4.69, 9.17) is 27.1 Å². The Bertz CT molecular complexity index is 387. The van der Waals surface area contributed by atoms with Gasteiger partial charge in [-0.15, -0.1) is 0 Å². The van der Waals surface area contributed by atoms with Crippen molar-refractivity contribution in [3.05, 3.63) is 23.2 Å². The molecule has 17 heavy (non-hydrogen) atoms. The van der Waals surface area contributed by atoms with Gasteiger partial charge >= 0.3 is 0 Å². The predicted molar refractivity (Wildman–Crippen MR) is 68.5 cm³/mol. The molecule has 2 rings (SSSR count). The molecule has 2 N–H and O–H groups in total. The largest absolute Gasteiger partial charge is 0.495 e. The predicted octanol–water partition coefficient (Wildman–Crippen LogP) is 2.21. The third-order valence-corrected chi connectivity index (χ3v) is 3.29. The fourth-order valence-corrected chi connectivity index (χ4v) is 2.34. The number of methoxy groups -OCH3 is 1. The third-order valence-electron chi connectivity index (χ3n) is 3.05. The highest BCUT2D eigenvalue weighted by Crippen LogP contribution is 2.33. The highest BCUT2D eigenvalue weighted by Gasteiger charge is 2.22. The molecule has 0 aromatic heterocycles. The van der Waals surface area contributed by atoms with Crippen molar-refractivity contribution in [1.29, 1.82) is 0 Å². The zero-order valence-corrected chi connectivity index (χ0v) is 10.6. The summed E-state index contributed by atoms with van der Waals surface area (Å²) in [5.74, 6) is 6.09. The molecule has 1 atom stereocenters. The first-order valence-electron chi connectivity index (χ1n) is 5.68. The van der Waals surface area contributed by atoms with E-state index in [0.29, 0.717) is 5.02 Å². The number of hydrogen-bond acceptors (Lipinski definition) is 4. The summed E-state index contributed by atoms with van der Waals surface area (Å²) in [6, 6.07) is 5.62. The molecule has 0 aliphatic carbocycles. The van der Waals surface area contributed by atoms with Gasteiger partial charge in [-0.1, -0.05) is 11.6 Å². The molecule has 1 saturated heterocycles. The van der Waals surface area contributed by atoms with E-state index >= 15 is 0 Å². The van der Waals surface area contributed by atoms with Crippen LogP contribution in [-0.4, -0.2) is 26.3 Å². The summed E-state index contributed by atoms with van der Waals surface area (Å²) in [5.41, 5.74) is 1.00. The Morgan fingerprint density at radius 3 is 3.00 bits per heavy atom. The van der Waals surface area contributed by atoms with Gasteiger partial charge in [-0.3, -0.25) is 4.84 Å². The Labute approximate surface area is 106 Å². The van der Waals surface area contributed by atoms with E-state index in [-0.39, 0.29) is 6.10 Å². The van der Waals surface area contributed by atoms with Crippen molar-refractivity contribution in [3.63, 3.8) is 0 Å². The smallest absolute Gasteiger partial charge is 0.142 e. The van der Waals surface area contributed by atoms with Crippen LogP contribution in [0.15, 0.2) is 18.2 Å². The summed E-state index contributed by atoms with van der Waals surface area (Å²) < 4.78 is 5.35. The second kappa shape index (κ2) is 5.58. The zero-order valence-electron chi connectivity index (χ0n) is 9.86. The van der Waals surface area contributed by atoms with Crippen molar-refractivity contribution >= 4 is 17.3 Å². The number of anilines is 1. The Kier molecular flexibility index (Phi) is 4.10. The highest BCUT2D eigenvalue weighted by molar-refractivity contribution is 6.30. The molecule has 1 aromatic carbocycles. The van der Waals surface area contributed by atoms with Crippen molar-refractivity contribution in [2.24, 2.45) is 5.90 Å². The van der Waals surface area contributed by atoms with Crippen LogP contribution >= 0.6 is 11.6 Å². The summed E-state index contributed by atoms with van der Waals surface area (Å²) >= 11 is 6.03. The van der Waals surface area contributed by atoms with Crippen LogP contribution in [0.1, 0.15) is 12.8 Å². The number of ether oxygens (including phenoxy) is 1. The van der Waals surface area contributed by atoms with Crippen LogP contribution in [0.3, 0.4) is 0 Å². The van der Waals surface area contributed by atoms with Gasteiger partial charge in [0.1, 0.15) is 5.75 Å². The van der Waals surface area contributed by atoms with Crippen molar-refractivity contribution in [3.8, 4) is 5.75 Å². The molecule has 1 fully saturated rings. The first-order chi connectivity index (χ1) is 8.24. The first kappa shape index (κ1) is 12.5. The van der Waals surface area contributed by atoms with Crippen molar-refractivity contribution in [1.82, 2.24) is 0 Å². The minimum absolute atomic E-state index is 0.0763. The number of benzene rings is 1. The van der Waals surface area contributed by atoms with E-state index in [1.807, 2.05) is 18.2 Å². The molecular formula is C12H17ClN2O2. The molecule has 0 radical (unpaired) electrons. The van der Waals surface area contributed by atoms with E-state index in [0.717, 1.165) is 37.4 Å². The number of nitrogens with zero attached hydrogens (tertiary/aromatic N) is 1. The number of hydrogen-bond donors (Lipinski definition) is 1. The summed E-state index contributed by atoms with van der Waals surface area (Å²) in [6.45, 7) is 1.74. The molecule has 1 unspecified atom stereocenters. The van der Waals surface area contributed by atoms with Crippen molar-refractivity contribution < 1.29 is 9.57 Å². The van der Waals surface area contributed by atoms with Gasteiger partial charge in [-0.05, 0) is 31.0 Å². The molecule has 0 saturated carbocycles. The lowest BCUT2D eigenvalue weighted by Crippen LogP contribution is -2.41. The molecule has 0 spiro atoms. The lowest BCUT2D eigenvalue weighted by molar-refractivity contribution is 0.0434. The average Bonchev–Trinajstić information content (AvgIpc) is 2.39. The average molecular weight is 257 g/mol. The maximum atomic E-state index is 6.03. The lowest BCUT2D eigenvalue weighted by atomic mass is 10.1. The molecular weight excluding hydrogens is 240 g/mol. The summed E-state index contributed by atoms with van der Waals surface area (Å²) in [5, 5.41) is 0.705. The molecule has 0 bridgehead atoms. The van der Waals surface area contributed by atoms with Gasteiger partial charge in [0.25, 0.3) is 0 Å². The van der Waals surface area contributed by atoms with Gasteiger partial charge < -0.3 is 9.64 Å². The van der Waals surface area contributed by atoms with Crippen molar-refractivity contribution in [2.75, 3.05) is 25.1 Å². The van der Waals surface area contributed by atoms with Crippen LogP contribution in [0, 0.1) is 0 Å². The molecule has 0 amide bonds. The SMILES string of the molecule is COc1ccc(Cl)cc1N1CCCC(ON)C1. The quantitative estimate of drug-likeness (QED) is 0.843. The first-order valence-corrected chi connectivity index (χ1v) is 6.06. The summed E-state index contributed by atoms with van der Waals surface area (Å²) in [6.07, 6.45) is 2.13. The number of piperidine rings is 1. The second-order valence-electron chi connectivity index (χ2n) is 4.16. The van der Waals surface area contributed by atoms with E-state index in [1.54, 1.807) is 7.11 Å². The Morgan fingerprint density at radius 2 is 2.29 bits per heavy atom. The Morgan fingerprint density at radius 1 is 1.47 bits per heavy atom. The monoisotopic (exact) mass is 256 g/mol. The molecule has 4 nitrogen and oxygen atoms in total. The second-order valence-corrected chi connectivity index (χ2v) is 4.60. The lowest BCUT2D eigenvalue weighted by Gasteiger charge is -2.34. The number of halogens is 1. The molecule has 1 aromatic rings. The van der Waals surface area contributed by atoms with Gasteiger partial charge in [0.2, 0.25) is 0 Å². The van der Waals surface area contributed by atoms with Crippen LogP contribution in [0.25, 0.3) is 0 Å². The summed E-state index contributed by atoms with van der Waals surface area (Å²) in [4.78, 5) is 7.13. The van der Waals surface area contributed by atoms with Gasteiger partial charge in [-0.25, -0.2) is 5.90 Å². The van der Waals surface area contributed by atoms with Crippen LogP contribution in [0.4, 0.5) is 5.69 Å². The topological polar surface area (TPSA) is 47.7 Å². The number of nitrogens with two attached hydrogens (primary N) is 1. The van der Waals surface area contributed by atoms with Gasteiger partial charge in [0, 0.05) is 18.1 Å².